The second-order valence-electron chi connectivity index (χ2n) is 7.32. The predicted octanol–water partition coefficient (Wildman–Crippen LogP) is 2.97. The molecule has 0 fully saturated rings. The summed E-state index contributed by atoms with van der Waals surface area (Å²) in [5.74, 6) is 1.60. The summed E-state index contributed by atoms with van der Waals surface area (Å²) >= 11 is 0. The third-order valence-electron chi connectivity index (χ3n) is 5.13. The number of rotatable bonds is 3. The van der Waals surface area contributed by atoms with Gasteiger partial charge in [0.2, 0.25) is 0 Å². The highest BCUT2D eigenvalue weighted by molar-refractivity contribution is 6.45. The molecule has 1 N–H and O–H groups in total. The van der Waals surface area contributed by atoms with E-state index in [-0.39, 0.29) is 6.04 Å². The average molecular weight is 386 g/mol. The van der Waals surface area contributed by atoms with Crippen LogP contribution in [0.2, 0.25) is 0 Å². The third kappa shape index (κ3) is 3.12. The van der Waals surface area contributed by atoms with Crippen molar-refractivity contribution >= 4 is 17.4 Å². The first-order valence-corrected chi connectivity index (χ1v) is 9.55. The normalized spacial score (nSPS) is 17.9. The molecule has 0 amide bonds. The highest BCUT2D eigenvalue weighted by Gasteiger charge is 2.32. The van der Waals surface area contributed by atoms with Crippen LogP contribution in [0.15, 0.2) is 65.1 Å². The second-order valence-corrected chi connectivity index (χ2v) is 7.32. The Morgan fingerprint density at radius 3 is 2.66 bits per heavy atom. The SMILES string of the molecule is Cc1cc(C)n(-c2ccc(NC3=NC=CN4C3=NCC4c3cnn(C)c3)cc2)n1. The number of nitrogens with one attached hydrogen (secondary N) is 1. The van der Waals surface area contributed by atoms with E-state index >= 15 is 0 Å². The summed E-state index contributed by atoms with van der Waals surface area (Å²) in [5, 5.41) is 12.2. The molecular formula is C21H22N8. The van der Waals surface area contributed by atoms with Crippen LogP contribution in [0.4, 0.5) is 5.69 Å². The first-order chi connectivity index (χ1) is 14.1. The van der Waals surface area contributed by atoms with E-state index in [1.807, 2.05) is 66.2 Å². The topological polar surface area (TPSA) is 75.6 Å². The Balaban J connectivity index is 1.34. The zero-order valence-electron chi connectivity index (χ0n) is 16.6. The molecule has 1 aromatic carbocycles. The number of anilines is 1. The average Bonchev–Trinajstić information content (AvgIpc) is 3.41. The molecule has 0 radical (unpaired) electrons. The molecule has 2 aliphatic rings. The van der Waals surface area contributed by atoms with Crippen LogP contribution in [0.25, 0.3) is 5.69 Å². The van der Waals surface area contributed by atoms with Crippen molar-refractivity contribution in [1.82, 2.24) is 24.5 Å². The third-order valence-corrected chi connectivity index (χ3v) is 5.13. The monoisotopic (exact) mass is 386 g/mol. The van der Waals surface area contributed by atoms with Crippen molar-refractivity contribution in [3.8, 4) is 5.69 Å². The van der Waals surface area contributed by atoms with Gasteiger partial charge in [0.1, 0.15) is 0 Å². The lowest BCUT2D eigenvalue weighted by Crippen LogP contribution is -2.37. The van der Waals surface area contributed by atoms with Crippen molar-refractivity contribution in [3.63, 3.8) is 0 Å². The Kier molecular flexibility index (Phi) is 4.04. The fourth-order valence-electron chi connectivity index (χ4n) is 3.78. The van der Waals surface area contributed by atoms with Crippen LogP contribution >= 0.6 is 0 Å². The fourth-order valence-corrected chi connectivity index (χ4v) is 3.78. The van der Waals surface area contributed by atoms with Gasteiger partial charge in [-0.1, -0.05) is 0 Å². The number of fused-ring (bicyclic) bond motifs is 1. The standard InChI is InChI=1S/C21H22N8/c1-14-10-15(2)29(26-14)18-6-4-17(5-7-18)25-20-21-23-12-19(28(21)9-8-22-20)16-11-24-27(3)13-16/h4-11,13,19H,12H2,1-3H3,(H,22,25). The van der Waals surface area contributed by atoms with E-state index < -0.39 is 0 Å². The van der Waals surface area contributed by atoms with Gasteiger partial charge in [0.05, 0.1) is 30.2 Å². The van der Waals surface area contributed by atoms with Crippen molar-refractivity contribution in [3.05, 3.63) is 72.1 Å². The molecule has 2 aliphatic heterocycles. The van der Waals surface area contributed by atoms with Gasteiger partial charge in [-0.25, -0.2) is 9.67 Å². The Morgan fingerprint density at radius 1 is 1.14 bits per heavy atom. The number of benzene rings is 1. The van der Waals surface area contributed by atoms with Gasteiger partial charge < -0.3 is 10.2 Å². The van der Waals surface area contributed by atoms with Crippen LogP contribution in [-0.4, -0.2) is 42.7 Å². The fraction of sp³-hybridized carbons (Fsp3) is 0.238. The summed E-state index contributed by atoms with van der Waals surface area (Å²) in [5.41, 5.74) is 5.25. The maximum atomic E-state index is 4.73. The molecular weight excluding hydrogens is 364 g/mol. The van der Waals surface area contributed by atoms with Gasteiger partial charge in [0.15, 0.2) is 11.7 Å². The van der Waals surface area contributed by atoms with Gasteiger partial charge >= 0.3 is 0 Å². The van der Waals surface area contributed by atoms with E-state index in [1.165, 1.54) is 0 Å². The number of amidine groups is 2. The van der Waals surface area contributed by atoms with Crippen LogP contribution in [0, 0.1) is 13.8 Å². The van der Waals surface area contributed by atoms with E-state index in [0.717, 1.165) is 40.0 Å². The zero-order valence-corrected chi connectivity index (χ0v) is 16.6. The van der Waals surface area contributed by atoms with Gasteiger partial charge in [-0.05, 0) is 44.2 Å². The van der Waals surface area contributed by atoms with Gasteiger partial charge in [0, 0.05) is 42.6 Å². The summed E-state index contributed by atoms with van der Waals surface area (Å²) < 4.78 is 3.76. The van der Waals surface area contributed by atoms with Crippen LogP contribution in [0.3, 0.4) is 0 Å². The summed E-state index contributed by atoms with van der Waals surface area (Å²) in [6.45, 7) is 4.74. The van der Waals surface area contributed by atoms with E-state index in [1.54, 1.807) is 6.20 Å². The Labute approximate surface area is 168 Å². The molecule has 8 nitrogen and oxygen atoms in total. The maximum absolute atomic E-state index is 4.73. The number of aliphatic imine (C=N–C) groups is 2. The number of hydrogen-bond donors (Lipinski definition) is 1. The lowest BCUT2D eigenvalue weighted by atomic mass is 10.1. The zero-order chi connectivity index (χ0) is 20.0. The Bertz CT molecular complexity index is 1150. The van der Waals surface area contributed by atoms with Crippen LogP contribution in [-0.2, 0) is 7.05 Å². The van der Waals surface area contributed by atoms with Crippen molar-refractivity contribution in [2.24, 2.45) is 17.0 Å². The van der Waals surface area contributed by atoms with E-state index in [0.29, 0.717) is 6.54 Å². The quantitative estimate of drug-likeness (QED) is 0.751. The van der Waals surface area contributed by atoms with Crippen LogP contribution < -0.4 is 5.32 Å². The molecule has 3 aromatic rings. The molecule has 1 unspecified atom stereocenters. The summed E-state index contributed by atoms with van der Waals surface area (Å²) in [4.78, 5) is 11.4. The minimum Gasteiger partial charge on any atom is -0.337 e. The Morgan fingerprint density at radius 2 is 1.97 bits per heavy atom. The summed E-state index contributed by atoms with van der Waals surface area (Å²) in [6, 6.07) is 10.4. The number of aromatic nitrogens is 4. The second kappa shape index (κ2) is 6.73. The summed E-state index contributed by atoms with van der Waals surface area (Å²) in [7, 11) is 1.93. The van der Waals surface area contributed by atoms with E-state index in [2.05, 4.69) is 38.4 Å². The Hall–Kier alpha value is -3.68. The minimum atomic E-state index is 0.149. The molecule has 5 rings (SSSR count). The molecule has 4 heterocycles. The molecule has 146 valence electrons. The van der Waals surface area contributed by atoms with Gasteiger partial charge in [-0.15, -0.1) is 0 Å². The van der Waals surface area contributed by atoms with E-state index in [4.69, 9.17) is 4.99 Å². The van der Waals surface area contributed by atoms with Gasteiger partial charge in [0.25, 0.3) is 0 Å². The van der Waals surface area contributed by atoms with Gasteiger partial charge in [-0.2, -0.15) is 10.2 Å². The first kappa shape index (κ1) is 17.4. The molecule has 0 saturated carbocycles. The number of aryl methyl sites for hydroxylation is 3. The molecule has 8 heteroatoms. The predicted molar refractivity (Wildman–Crippen MR) is 113 cm³/mol. The van der Waals surface area contributed by atoms with Crippen molar-refractivity contribution in [1.29, 1.82) is 0 Å². The van der Waals surface area contributed by atoms with Crippen molar-refractivity contribution in [2.75, 3.05) is 11.9 Å². The van der Waals surface area contributed by atoms with E-state index in [9.17, 15) is 0 Å². The van der Waals surface area contributed by atoms with Crippen LogP contribution in [0.5, 0.6) is 0 Å². The first-order valence-electron chi connectivity index (χ1n) is 9.55. The molecule has 2 aromatic heterocycles. The molecule has 0 aliphatic carbocycles. The molecule has 0 saturated heterocycles. The number of nitrogens with zero attached hydrogens (tertiary/aromatic N) is 7. The molecule has 1 atom stereocenters. The largest absolute Gasteiger partial charge is 0.337 e. The minimum absolute atomic E-state index is 0.149. The highest BCUT2D eigenvalue weighted by Crippen LogP contribution is 2.29. The van der Waals surface area contributed by atoms with Crippen LogP contribution in [0.1, 0.15) is 23.0 Å². The highest BCUT2D eigenvalue weighted by atomic mass is 15.3. The summed E-state index contributed by atoms with van der Waals surface area (Å²) in [6.07, 6.45) is 7.71. The maximum Gasteiger partial charge on any atom is 0.173 e. The van der Waals surface area contributed by atoms with Crippen molar-refractivity contribution < 1.29 is 0 Å². The smallest absolute Gasteiger partial charge is 0.173 e. The van der Waals surface area contributed by atoms with Gasteiger partial charge in [-0.3, -0.25) is 9.67 Å². The number of hydrogen-bond acceptors (Lipinski definition) is 6. The lowest BCUT2D eigenvalue weighted by molar-refractivity contribution is 0.458. The molecule has 29 heavy (non-hydrogen) atoms. The molecule has 0 bridgehead atoms. The van der Waals surface area contributed by atoms with Crippen molar-refractivity contribution in [2.45, 2.75) is 19.9 Å². The lowest BCUT2D eigenvalue weighted by Gasteiger charge is -2.26. The molecule has 0 spiro atoms.